The van der Waals surface area contributed by atoms with E-state index in [1.807, 2.05) is 0 Å². The van der Waals surface area contributed by atoms with E-state index >= 15 is 0 Å². The molecule has 28 heavy (non-hydrogen) atoms. The molecule has 0 radical (unpaired) electrons. The van der Waals surface area contributed by atoms with E-state index in [4.69, 9.17) is 11.6 Å². The van der Waals surface area contributed by atoms with E-state index in [-0.39, 0.29) is 23.6 Å². The second-order valence-corrected chi connectivity index (χ2v) is 6.51. The molecule has 9 heteroatoms. The minimum atomic E-state index is -0.983. The quantitative estimate of drug-likeness (QED) is 0.261. The second-order valence-electron chi connectivity index (χ2n) is 6.07. The molecule has 0 aliphatic carbocycles. The molecule has 0 spiro atoms. The largest absolute Gasteiger partial charge is 0.507 e. The van der Waals surface area contributed by atoms with Gasteiger partial charge in [0.1, 0.15) is 5.76 Å². The lowest BCUT2D eigenvalue weighted by atomic mass is 9.95. The van der Waals surface area contributed by atoms with Crippen LogP contribution in [-0.4, -0.2) is 44.9 Å². The molecule has 1 heterocycles. The predicted octanol–water partition coefficient (Wildman–Crippen LogP) is 2.66. The fourth-order valence-corrected chi connectivity index (χ4v) is 3.23. The Kier molecular flexibility index (Phi) is 5.43. The van der Waals surface area contributed by atoms with Crippen LogP contribution in [0.4, 0.5) is 5.69 Å². The standard InChI is InChI=1S/C19H15ClN2O6/c20-13-5-1-12(2-6-13)17(24)15-16(21(9-10-23)19(26)18(15)25)11-3-7-14(8-4-11)22(27)28/h1-8,16,23-24H,9-10H2. The van der Waals surface area contributed by atoms with Crippen molar-refractivity contribution in [2.75, 3.05) is 13.2 Å². The molecule has 0 saturated carbocycles. The zero-order valence-corrected chi connectivity index (χ0v) is 15.2. The normalized spacial score (nSPS) is 18.5. The Labute approximate surface area is 164 Å². The third-order valence-corrected chi connectivity index (χ3v) is 4.67. The Bertz CT molecular complexity index is 969. The lowest BCUT2D eigenvalue weighted by molar-refractivity contribution is -0.384. The molecule has 144 valence electrons. The summed E-state index contributed by atoms with van der Waals surface area (Å²) in [5, 5.41) is 31.3. The summed E-state index contributed by atoms with van der Waals surface area (Å²) in [6.45, 7) is -0.527. The van der Waals surface area contributed by atoms with Gasteiger partial charge in [0.15, 0.2) is 0 Å². The Morgan fingerprint density at radius 1 is 1.11 bits per heavy atom. The van der Waals surface area contributed by atoms with Crippen LogP contribution in [0.15, 0.2) is 54.1 Å². The summed E-state index contributed by atoms with van der Waals surface area (Å²) in [6.07, 6.45) is 0. The smallest absolute Gasteiger partial charge is 0.295 e. The number of nitro groups is 1. The molecule has 1 amide bonds. The number of Topliss-reactive ketones (excluding diaryl/α,β-unsaturated/α-hetero) is 1. The number of likely N-dealkylation sites (tertiary alicyclic amines) is 1. The summed E-state index contributed by atoms with van der Waals surface area (Å²) < 4.78 is 0. The monoisotopic (exact) mass is 402 g/mol. The number of carbonyl (C=O) groups is 2. The van der Waals surface area contributed by atoms with E-state index in [1.165, 1.54) is 48.5 Å². The molecule has 2 aromatic rings. The minimum Gasteiger partial charge on any atom is -0.507 e. The van der Waals surface area contributed by atoms with Gasteiger partial charge < -0.3 is 15.1 Å². The molecule has 1 saturated heterocycles. The van der Waals surface area contributed by atoms with E-state index in [1.54, 1.807) is 0 Å². The Hall–Kier alpha value is -3.23. The molecule has 1 unspecified atom stereocenters. The Morgan fingerprint density at radius 3 is 2.25 bits per heavy atom. The van der Waals surface area contributed by atoms with Crippen LogP contribution in [0.2, 0.25) is 5.02 Å². The Morgan fingerprint density at radius 2 is 1.71 bits per heavy atom. The average Bonchev–Trinajstić information content (AvgIpc) is 2.93. The van der Waals surface area contributed by atoms with Gasteiger partial charge >= 0.3 is 0 Å². The van der Waals surface area contributed by atoms with Crippen molar-refractivity contribution in [3.8, 4) is 0 Å². The van der Waals surface area contributed by atoms with Crippen molar-refractivity contribution in [1.29, 1.82) is 0 Å². The van der Waals surface area contributed by atoms with Crippen LogP contribution in [0.1, 0.15) is 17.2 Å². The maximum Gasteiger partial charge on any atom is 0.295 e. The molecule has 1 aliphatic rings. The van der Waals surface area contributed by atoms with E-state index in [9.17, 15) is 29.9 Å². The van der Waals surface area contributed by atoms with Gasteiger partial charge in [-0.05, 0) is 42.0 Å². The van der Waals surface area contributed by atoms with Gasteiger partial charge in [-0.3, -0.25) is 19.7 Å². The molecule has 2 aromatic carbocycles. The molecule has 0 aromatic heterocycles. The van der Waals surface area contributed by atoms with Crippen LogP contribution in [0.25, 0.3) is 5.76 Å². The number of non-ortho nitro benzene ring substituents is 1. The van der Waals surface area contributed by atoms with E-state index in [0.29, 0.717) is 16.1 Å². The lowest BCUT2D eigenvalue weighted by Crippen LogP contribution is -2.32. The third-order valence-electron chi connectivity index (χ3n) is 4.42. The van der Waals surface area contributed by atoms with E-state index in [2.05, 4.69) is 0 Å². The first-order chi connectivity index (χ1) is 13.3. The highest BCUT2D eigenvalue weighted by molar-refractivity contribution is 6.46. The van der Waals surface area contributed by atoms with Crippen LogP contribution >= 0.6 is 11.6 Å². The van der Waals surface area contributed by atoms with Gasteiger partial charge in [0.25, 0.3) is 17.4 Å². The molecule has 2 N–H and O–H groups in total. The molecule has 3 rings (SSSR count). The number of halogens is 1. The van der Waals surface area contributed by atoms with Crippen LogP contribution in [0.3, 0.4) is 0 Å². The summed E-state index contributed by atoms with van der Waals surface area (Å²) in [5.74, 6) is -2.16. The summed E-state index contributed by atoms with van der Waals surface area (Å²) >= 11 is 5.85. The van der Waals surface area contributed by atoms with Crippen molar-refractivity contribution in [3.05, 3.63) is 80.4 Å². The zero-order valence-electron chi connectivity index (χ0n) is 14.4. The van der Waals surface area contributed by atoms with Crippen LogP contribution in [0.5, 0.6) is 0 Å². The number of aliphatic hydroxyl groups excluding tert-OH is 2. The van der Waals surface area contributed by atoms with Crippen LogP contribution in [0, 0.1) is 10.1 Å². The first kappa shape index (κ1) is 19.5. The van der Waals surface area contributed by atoms with Gasteiger partial charge in [0.2, 0.25) is 0 Å². The third kappa shape index (κ3) is 3.47. The van der Waals surface area contributed by atoms with Crippen LogP contribution < -0.4 is 0 Å². The van der Waals surface area contributed by atoms with Crippen molar-refractivity contribution < 1.29 is 24.7 Å². The van der Waals surface area contributed by atoms with Gasteiger partial charge in [-0.1, -0.05) is 11.6 Å². The summed E-state index contributed by atoms with van der Waals surface area (Å²) in [5.41, 5.74) is 0.377. The average molecular weight is 403 g/mol. The number of hydrogen-bond acceptors (Lipinski definition) is 6. The lowest BCUT2D eigenvalue weighted by Gasteiger charge is -2.24. The maximum absolute atomic E-state index is 12.6. The van der Waals surface area contributed by atoms with Crippen molar-refractivity contribution >= 4 is 34.7 Å². The predicted molar refractivity (Wildman–Crippen MR) is 101 cm³/mol. The van der Waals surface area contributed by atoms with Gasteiger partial charge in [0.05, 0.1) is 23.1 Å². The summed E-state index contributed by atoms with van der Waals surface area (Å²) in [4.78, 5) is 36.5. The highest BCUT2D eigenvalue weighted by Gasteiger charge is 2.45. The summed E-state index contributed by atoms with van der Waals surface area (Å²) in [6, 6.07) is 10.4. The molecule has 1 aliphatic heterocycles. The number of hydrogen-bond donors (Lipinski definition) is 2. The number of ketones is 1. The van der Waals surface area contributed by atoms with Gasteiger partial charge in [-0.15, -0.1) is 0 Å². The number of nitrogens with zero attached hydrogens (tertiary/aromatic N) is 2. The van der Waals surface area contributed by atoms with Gasteiger partial charge in [-0.2, -0.15) is 0 Å². The fourth-order valence-electron chi connectivity index (χ4n) is 3.11. The van der Waals surface area contributed by atoms with Gasteiger partial charge in [0, 0.05) is 29.3 Å². The van der Waals surface area contributed by atoms with E-state index < -0.39 is 29.3 Å². The highest BCUT2D eigenvalue weighted by Crippen LogP contribution is 2.39. The SMILES string of the molecule is O=C1C(=O)N(CCO)C(c2ccc([N+](=O)[O-])cc2)C1=C(O)c1ccc(Cl)cc1. The number of β-amino-alcohol motifs (C(OH)–C–C–N with tert-alkyl or cyclic N) is 1. The zero-order chi connectivity index (χ0) is 20.4. The van der Waals surface area contributed by atoms with Gasteiger partial charge in [-0.25, -0.2) is 0 Å². The van der Waals surface area contributed by atoms with Crippen LogP contribution in [-0.2, 0) is 9.59 Å². The molecule has 8 nitrogen and oxygen atoms in total. The van der Waals surface area contributed by atoms with Crippen molar-refractivity contribution in [1.82, 2.24) is 4.90 Å². The summed E-state index contributed by atoms with van der Waals surface area (Å²) in [7, 11) is 0. The first-order valence-electron chi connectivity index (χ1n) is 8.24. The fraction of sp³-hybridized carbons (Fsp3) is 0.158. The maximum atomic E-state index is 12.6. The number of carbonyl (C=O) groups excluding carboxylic acids is 2. The highest BCUT2D eigenvalue weighted by atomic mass is 35.5. The number of aliphatic hydroxyl groups is 2. The molecular weight excluding hydrogens is 388 g/mol. The molecular formula is C19H15ClN2O6. The number of amides is 1. The number of rotatable bonds is 5. The number of benzene rings is 2. The molecule has 0 bridgehead atoms. The van der Waals surface area contributed by atoms with E-state index in [0.717, 1.165) is 4.90 Å². The number of nitro benzene ring substituents is 1. The first-order valence-corrected chi connectivity index (χ1v) is 8.62. The topological polar surface area (TPSA) is 121 Å². The second kappa shape index (κ2) is 7.79. The molecule has 1 atom stereocenters. The van der Waals surface area contributed by atoms with Crippen molar-refractivity contribution in [3.63, 3.8) is 0 Å². The minimum absolute atomic E-state index is 0.135. The Balaban J connectivity index is 2.15. The molecule has 1 fully saturated rings. The van der Waals surface area contributed by atoms with Crippen molar-refractivity contribution in [2.24, 2.45) is 0 Å². The van der Waals surface area contributed by atoms with Crippen molar-refractivity contribution in [2.45, 2.75) is 6.04 Å².